The van der Waals surface area contributed by atoms with Gasteiger partial charge in [-0.1, -0.05) is 17.3 Å². The third-order valence-electron chi connectivity index (χ3n) is 3.28. The fourth-order valence-corrected chi connectivity index (χ4v) is 1.98. The van der Waals surface area contributed by atoms with Crippen LogP contribution < -0.4 is 10.5 Å². The number of benzene rings is 1. The van der Waals surface area contributed by atoms with Crippen LogP contribution in [0.5, 0.6) is 5.75 Å². The lowest BCUT2D eigenvalue weighted by Gasteiger charge is -2.12. The second-order valence-electron chi connectivity index (χ2n) is 4.91. The van der Waals surface area contributed by atoms with Gasteiger partial charge in [0.2, 0.25) is 0 Å². The maximum absolute atomic E-state index is 5.86. The van der Waals surface area contributed by atoms with Crippen LogP contribution >= 0.6 is 0 Å². The van der Waals surface area contributed by atoms with Crippen molar-refractivity contribution in [3.8, 4) is 5.75 Å². The number of hydrogen-bond donors (Lipinski definition) is 1. The topological polar surface area (TPSA) is 61.3 Å². The van der Waals surface area contributed by atoms with Crippen molar-refractivity contribution in [3.05, 3.63) is 46.3 Å². The Kier molecular flexibility index (Phi) is 3.90. The lowest BCUT2D eigenvalue weighted by Crippen LogP contribution is -2.06. The molecule has 0 fully saturated rings. The highest BCUT2D eigenvalue weighted by Gasteiger charge is 2.10. The molecule has 1 heterocycles. The van der Waals surface area contributed by atoms with Crippen LogP contribution in [0.3, 0.4) is 0 Å². The van der Waals surface area contributed by atoms with Gasteiger partial charge in [-0.2, -0.15) is 0 Å². The van der Waals surface area contributed by atoms with Crippen LogP contribution in [0.2, 0.25) is 0 Å². The van der Waals surface area contributed by atoms with E-state index in [1.54, 1.807) is 0 Å². The molecule has 0 spiro atoms. The number of aromatic nitrogens is 1. The summed E-state index contributed by atoms with van der Waals surface area (Å²) < 4.78 is 11.0. The van der Waals surface area contributed by atoms with Gasteiger partial charge in [-0.05, 0) is 44.9 Å². The van der Waals surface area contributed by atoms with Gasteiger partial charge in [0.05, 0.1) is 11.3 Å². The van der Waals surface area contributed by atoms with E-state index >= 15 is 0 Å². The highest BCUT2D eigenvalue weighted by molar-refractivity contribution is 5.37. The van der Waals surface area contributed by atoms with Gasteiger partial charge in [0.1, 0.15) is 18.1 Å². The lowest BCUT2D eigenvalue weighted by atomic mass is 10.1. The van der Waals surface area contributed by atoms with Gasteiger partial charge >= 0.3 is 0 Å². The Morgan fingerprint density at radius 3 is 2.58 bits per heavy atom. The Bertz CT molecular complexity index is 554. The average Bonchev–Trinajstić information content (AvgIpc) is 2.68. The molecule has 4 nitrogen and oxygen atoms in total. The lowest BCUT2D eigenvalue weighted by molar-refractivity contribution is 0.299. The number of rotatable bonds is 4. The summed E-state index contributed by atoms with van der Waals surface area (Å²) in [6.45, 7) is 8.28. The maximum atomic E-state index is 5.86. The minimum Gasteiger partial charge on any atom is -0.488 e. The van der Waals surface area contributed by atoms with Crippen LogP contribution in [0, 0.1) is 20.8 Å². The standard InChI is InChI=1S/C15H20N2O2/c1-9-7-13(10(2)16)5-6-15(9)18-8-14-11(3)17-19-12(14)4/h5-7,10H,8,16H2,1-4H3/t10-/m0/s1. The normalized spacial score (nSPS) is 12.5. The molecule has 102 valence electrons. The first-order valence-electron chi connectivity index (χ1n) is 6.39. The summed E-state index contributed by atoms with van der Waals surface area (Å²) in [6.07, 6.45) is 0. The monoisotopic (exact) mass is 260 g/mol. The van der Waals surface area contributed by atoms with Gasteiger partial charge in [0.25, 0.3) is 0 Å². The summed E-state index contributed by atoms with van der Waals surface area (Å²) in [5, 5.41) is 3.92. The van der Waals surface area contributed by atoms with Crippen LogP contribution in [0.1, 0.15) is 41.1 Å². The molecule has 1 aromatic carbocycles. The first-order chi connectivity index (χ1) is 8.99. The largest absolute Gasteiger partial charge is 0.488 e. The third kappa shape index (κ3) is 2.96. The molecule has 2 rings (SSSR count). The molecule has 0 saturated heterocycles. The minimum atomic E-state index is 0.0373. The summed E-state index contributed by atoms with van der Waals surface area (Å²) in [6, 6.07) is 6.06. The van der Waals surface area contributed by atoms with E-state index in [-0.39, 0.29) is 6.04 Å². The minimum absolute atomic E-state index is 0.0373. The molecule has 0 amide bonds. The Morgan fingerprint density at radius 2 is 2.05 bits per heavy atom. The summed E-state index contributed by atoms with van der Waals surface area (Å²) in [7, 11) is 0. The van der Waals surface area contributed by atoms with Gasteiger partial charge in [0.15, 0.2) is 0 Å². The van der Waals surface area contributed by atoms with Gasteiger partial charge in [-0.25, -0.2) is 0 Å². The summed E-state index contributed by atoms with van der Waals surface area (Å²) in [4.78, 5) is 0. The van der Waals surface area contributed by atoms with Crippen molar-refractivity contribution in [2.45, 2.75) is 40.3 Å². The summed E-state index contributed by atoms with van der Waals surface area (Å²) in [5.41, 5.74) is 9.95. The number of hydrogen-bond acceptors (Lipinski definition) is 4. The molecule has 1 aromatic heterocycles. The van der Waals surface area contributed by atoms with Crippen molar-refractivity contribution in [2.24, 2.45) is 5.73 Å². The molecule has 0 bridgehead atoms. The predicted molar refractivity (Wildman–Crippen MR) is 74.1 cm³/mol. The zero-order valence-corrected chi connectivity index (χ0v) is 11.9. The molecular weight excluding hydrogens is 240 g/mol. The van der Waals surface area contributed by atoms with Crippen molar-refractivity contribution in [1.29, 1.82) is 0 Å². The van der Waals surface area contributed by atoms with Crippen molar-refractivity contribution >= 4 is 0 Å². The molecule has 0 aliphatic carbocycles. The number of aryl methyl sites for hydroxylation is 3. The third-order valence-corrected chi connectivity index (χ3v) is 3.28. The van der Waals surface area contributed by atoms with Gasteiger partial charge in [-0.3, -0.25) is 0 Å². The summed E-state index contributed by atoms with van der Waals surface area (Å²) in [5.74, 6) is 1.67. The number of ether oxygens (including phenoxy) is 1. The van der Waals surface area contributed by atoms with Gasteiger partial charge in [0, 0.05) is 6.04 Å². The molecule has 0 aliphatic heterocycles. The van der Waals surface area contributed by atoms with E-state index in [2.05, 4.69) is 11.2 Å². The fraction of sp³-hybridized carbons (Fsp3) is 0.400. The Labute approximate surface area is 113 Å². The van der Waals surface area contributed by atoms with Gasteiger partial charge in [-0.15, -0.1) is 0 Å². The number of nitrogens with two attached hydrogens (primary N) is 1. The van der Waals surface area contributed by atoms with E-state index in [0.717, 1.165) is 33.9 Å². The molecule has 1 atom stereocenters. The molecule has 0 aliphatic rings. The second-order valence-corrected chi connectivity index (χ2v) is 4.91. The van der Waals surface area contributed by atoms with E-state index in [0.29, 0.717) is 6.61 Å². The zero-order chi connectivity index (χ0) is 14.0. The Balaban J connectivity index is 2.12. The molecule has 0 unspecified atom stereocenters. The van der Waals surface area contributed by atoms with E-state index in [1.807, 2.05) is 39.8 Å². The Hall–Kier alpha value is -1.81. The first kappa shape index (κ1) is 13.6. The molecule has 0 radical (unpaired) electrons. The quantitative estimate of drug-likeness (QED) is 0.917. The smallest absolute Gasteiger partial charge is 0.140 e. The van der Waals surface area contributed by atoms with Crippen molar-refractivity contribution in [3.63, 3.8) is 0 Å². The van der Waals surface area contributed by atoms with Crippen LogP contribution in [-0.2, 0) is 6.61 Å². The number of nitrogens with zero attached hydrogens (tertiary/aromatic N) is 1. The van der Waals surface area contributed by atoms with Crippen molar-refractivity contribution in [1.82, 2.24) is 5.16 Å². The molecule has 4 heteroatoms. The van der Waals surface area contributed by atoms with Gasteiger partial charge < -0.3 is 15.0 Å². The van der Waals surface area contributed by atoms with Crippen LogP contribution in [0.25, 0.3) is 0 Å². The maximum Gasteiger partial charge on any atom is 0.140 e. The van der Waals surface area contributed by atoms with Crippen molar-refractivity contribution in [2.75, 3.05) is 0 Å². The molecular formula is C15H20N2O2. The fourth-order valence-electron chi connectivity index (χ4n) is 1.98. The first-order valence-corrected chi connectivity index (χ1v) is 6.39. The Morgan fingerprint density at radius 1 is 1.32 bits per heavy atom. The summed E-state index contributed by atoms with van der Waals surface area (Å²) >= 11 is 0. The molecule has 2 aromatic rings. The van der Waals surface area contributed by atoms with Crippen molar-refractivity contribution < 1.29 is 9.26 Å². The molecule has 0 saturated carbocycles. The van der Waals surface area contributed by atoms with Crippen LogP contribution in [-0.4, -0.2) is 5.16 Å². The average molecular weight is 260 g/mol. The molecule has 2 N–H and O–H groups in total. The predicted octanol–water partition coefficient (Wildman–Crippen LogP) is 3.20. The van der Waals surface area contributed by atoms with E-state index in [4.69, 9.17) is 15.0 Å². The van der Waals surface area contributed by atoms with E-state index in [9.17, 15) is 0 Å². The van der Waals surface area contributed by atoms with Crippen LogP contribution in [0.15, 0.2) is 22.7 Å². The highest BCUT2D eigenvalue weighted by atomic mass is 16.5. The van der Waals surface area contributed by atoms with E-state index < -0.39 is 0 Å². The second kappa shape index (κ2) is 5.45. The van der Waals surface area contributed by atoms with Crippen LogP contribution in [0.4, 0.5) is 0 Å². The SMILES string of the molecule is Cc1cc([C@H](C)N)ccc1OCc1c(C)noc1C. The molecule has 19 heavy (non-hydrogen) atoms. The highest BCUT2D eigenvalue weighted by Crippen LogP contribution is 2.23. The zero-order valence-electron chi connectivity index (χ0n) is 11.9. The van der Waals surface area contributed by atoms with E-state index in [1.165, 1.54) is 0 Å².